The summed E-state index contributed by atoms with van der Waals surface area (Å²) in [4.78, 5) is 14.9. The number of halogens is 1. The Bertz CT molecular complexity index is 689. The zero-order valence-electron chi connectivity index (χ0n) is 12.2. The molecule has 0 aliphatic carbocycles. The summed E-state index contributed by atoms with van der Waals surface area (Å²) >= 11 is 6.72. The zero-order valence-corrected chi connectivity index (χ0v) is 13.8. The van der Waals surface area contributed by atoms with Crippen LogP contribution in [0.4, 0.5) is 0 Å². The highest BCUT2D eigenvalue weighted by Gasteiger charge is 2.22. The van der Waals surface area contributed by atoms with Crippen molar-refractivity contribution in [1.82, 2.24) is 4.98 Å². The molecule has 0 amide bonds. The number of carbonyl (C=O) groups is 1. The van der Waals surface area contributed by atoms with Gasteiger partial charge < -0.3 is 9.84 Å². The fraction of sp³-hybridized carbons (Fsp3) is 0.333. The Balaban J connectivity index is 2.40. The molecule has 2 aromatic rings. The number of carboxylic acid groups (broad SMARTS) is 1. The summed E-state index contributed by atoms with van der Waals surface area (Å²) in [5.74, 6) is -0.442. The molecule has 0 atom stereocenters. The molecule has 0 bridgehead atoms. The second kappa shape index (κ2) is 5.66. The number of aryl methyl sites for hydroxylation is 1. The highest BCUT2D eigenvalue weighted by molar-refractivity contribution is 7.15. The van der Waals surface area contributed by atoms with Crippen molar-refractivity contribution in [3.8, 4) is 10.9 Å². The third-order valence-electron chi connectivity index (χ3n) is 2.90. The van der Waals surface area contributed by atoms with Crippen molar-refractivity contribution in [2.75, 3.05) is 0 Å². The Hall–Kier alpha value is -1.59. The monoisotopic (exact) mass is 325 g/mol. The van der Waals surface area contributed by atoms with Gasteiger partial charge in [0.05, 0.1) is 0 Å². The number of aromatic carboxylic acids is 1. The van der Waals surface area contributed by atoms with Crippen LogP contribution < -0.4 is 4.74 Å². The molecule has 1 heterocycles. The molecule has 2 rings (SSSR count). The van der Waals surface area contributed by atoms with Gasteiger partial charge >= 0.3 is 5.97 Å². The van der Waals surface area contributed by atoms with Crippen LogP contribution in [-0.4, -0.2) is 16.1 Å². The molecule has 0 spiro atoms. The Labute approximate surface area is 132 Å². The molecule has 0 aliphatic heterocycles. The molecule has 0 fully saturated rings. The maximum Gasteiger partial charge on any atom is 0.349 e. The second-order valence-electron chi connectivity index (χ2n) is 5.76. The van der Waals surface area contributed by atoms with E-state index in [1.807, 2.05) is 19.1 Å². The minimum absolute atomic E-state index is 0.0175. The van der Waals surface area contributed by atoms with E-state index in [1.165, 1.54) is 0 Å². The normalized spacial score (nSPS) is 11.5. The van der Waals surface area contributed by atoms with Gasteiger partial charge in [-0.05, 0) is 18.4 Å². The topological polar surface area (TPSA) is 59.4 Å². The van der Waals surface area contributed by atoms with Gasteiger partial charge in [0.15, 0.2) is 10.0 Å². The van der Waals surface area contributed by atoms with Crippen LogP contribution in [0.1, 0.15) is 41.6 Å². The van der Waals surface area contributed by atoms with E-state index in [4.69, 9.17) is 21.4 Å². The van der Waals surface area contributed by atoms with E-state index >= 15 is 0 Å². The first-order valence-corrected chi connectivity index (χ1v) is 7.56. The van der Waals surface area contributed by atoms with Crippen molar-refractivity contribution >= 4 is 28.9 Å². The van der Waals surface area contributed by atoms with Gasteiger partial charge in [-0.2, -0.15) is 4.98 Å². The number of benzene rings is 1. The lowest BCUT2D eigenvalue weighted by atomic mass is 9.85. The zero-order chi connectivity index (χ0) is 15.8. The highest BCUT2D eigenvalue weighted by Crippen LogP contribution is 2.37. The van der Waals surface area contributed by atoms with E-state index in [0.29, 0.717) is 5.75 Å². The molecular weight excluding hydrogens is 310 g/mol. The van der Waals surface area contributed by atoms with Crippen molar-refractivity contribution in [1.29, 1.82) is 0 Å². The van der Waals surface area contributed by atoms with Crippen LogP contribution in [0.3, 0.4) is 0 Å². The van der Waals surface area contributed by atoms with Crippen molar-refractivity contribution in [3.63, 3.8) is 0 Å². The lowest BCUT2D eigenvalue weighted by Gasteiger charge is -2.22. The predicted molar refractivity (Wildman–Crippen MR) is 84.0 cm³/mol. The van der Waals surface area contributed by atoms with E-state index < -0.39 is 5.97 Å². The van der Waals surface area contributed by atoms with E-state index in [0.717, 1.165) is 22.5 Å². The number of aromatic nitrogens is 1. The largest absolute Gasteiger partial charge is 0.477 e. The Morgan fingerprint density at radius 1 is 1.38 bits per heavy atom. The number of thiazole rings is 1. The molecule has 0 radical (unpaired) electrons. The average molecular weight is 326 g/mol. The van der Waals surface area contributed by atoms with Crippen molar-refractivity contribution in [2.45, 2.75) is 33.1 Å². The molecule has 0 saturated heterocycles. The smallest absolute Gasteiger partial charge is 0.349 e. The predicted octanol–water partition coefficient (Wildman–Crippen LogP) is 4.89. The lowest BCUT2D eigenvalue weighted by molar-refractivity contribution is 0.0702. The van der Waals surface area contributed by atoms with Crippen LogP contribution in [0.5, 0.6) is 10.9 Å². The summed E-state index contributed by atoms with van der Waals surface area (Å²) in [5.41, 5.74) is 2.07. The second-order valence-corrected chi connectivity index (χ2v) is 7.08. The molecule has 112 valence electrons. The molecule has 21 heavy (non-hydrogen) atoms. The van der Waals surface area contributed by atoms with E-state index in [-0.39, 0.29) is 20.6 Å². The van der Waals surface area contributed by atoms with Crippen LogP contribution in [0.2, 0.25) is 5.15 Å². The maximum absolute atomic E-state index is 11.0. The molecule has 1 N–H and O–H groups in total. The summed E-state index contributed by atoms with van der Waals surface area (Å²) in [6.07, 6.45) is 0. The molecular formula is C15H16ClNO3S. The minimum Gasteiger partial charge on any atom is -0.477 e. The first-order chi connectivity index (χ1) is 9.68. The Morgan fingerprint density at radius 2 is 2.05 bits per heavy atom. The van der Waals surface area contributed by atoms with Gasteiger partial charge in [0, 0.05) is 5.56 Å². The number of ether oxygens (including phenoxy) is 1. The quantitative estimate of drug-likeness (QED) is 0.872. The van der Waals surface area contributed by atoms with Gasteiger partial charge in [0.25, 0.3) is 5.19 Å². The third kappa shape index (κ3) is 3.54. The SMILES string of the molecule is Cc1ccc(Oc2nc(Cl)c(C(=O)O)s2)c(C(C)(C)C)c1. The highest BCUT2D eigenvalue weighted by atomic mass is 35.5. The van der Waals surface area contributed by atoms with Gasteiger partial charge in [-0.1, -0.05) is 61.4 Å². The summed E-state index contributed by atoms with van der Waals surface area (Å²) in [6, 6.07) is 5.87. The van der Waals surface area contributed by atoms with Gasteiger partial charge in [-0.3, -0.25) is 0 Å². The van der Waals surface area contributed by atoms with Gasteiger partial charge in [0.2, 0.25) is 0 Å². The first-order valence-electron chi connectivity index (χ1n) is 6.37. The van der Waals surface area contributed by atoms with Crippen molar-refractivity contribution in [2.24, 2.45) is 0 Å². The Morgan fingerprint density at radius 3 is 2.57 bits per heavy atom. The van der Waals surface area contributed by atoms with Crippen LogP contribution in [0.15, 0.2) is 18.2 Å². The van der Waals surface area contributed by atoms with Crippen molar-refractivity contribution in [3.05, 3.63) is 39.4 Å². The van der Waals surface area contributed by atoms with Gasteiger partial charge in [-0.25, -0.2) is 4.79 Å². The third-order valence-corrected chi connectivity index (χ3v) is 4.21. The van der Waals surface area contributed by atoms with Crippen LogP contribution in [-0.2, 0) is 5.41 Å². The van der Waals surface area contributed by atoms with E-state index in [9.17, 15) is 4.79 Å². The molecule has 4 nitrogen and oxygen atoms in total. The van der Waals surface area contributed by atoms with Crippen LogP contribution in [0.25, 0.3) is 0 Å². The van der Waals surface area contributed by atoms with Gasteiger partial charge in [0.1, 0.15) is 5.75 Å². The standard InChI is InChI=1S/C15H16ClNO3S/c1-8-5-6-10(9(7-8)15(2,3)4)20-14-17-12(16)11(21-14)13(18)19/h5-7H,1-4H3,(H,18,19). The molecule has 1 aromatic heterocycles. The number of hydrogen-bond acceptors (Lipinski definition) is 4. The average Bonchev–Trinajstić information content (AvgIpc) is 2.71. The number of carboxylic acids is 1. The fourth-order valence-electron chi connectivity index (χ4n) is 1.87. The number of nitrogens with zero attached hydrogens (tertiary/aromatic N) is 1. The van der Waals surface area contributed by atoms with Crippen LogP contribution in [0, 0.1) is 6.92 Å². The molecule has 0 saturated carbocycles. The fourth-order valence-corrected chi connectivity index (χ4v) is 2.86. The summed E-state index contributed by atoms with van der Waals surface area (Å²) in [5, 5.41) is 9.18. The van der Waals surface area contributed by atoms with E-state index in [2.05, 4.69) is 31.8 Å². The van der Waals surface area contributed by atoms with Crippen LogP contribution >= 0.6 is 22.9 Å². The number of rotatable bonds is 3. The molecule has 0 unspecified atom stereocenters. The van der Waals surface area contributed by atoms with Gasteiger partial charge in [-0.15, -0.1) is 0 Å². The number of hydrogen-bond donors (Lipinski definition) is 1. The minimum atomic E-state index is -1.10. The molecule has 6 heteroatoms. The Kier molecular flexibility index (Phi) is 4.25. The molecule has 1 aromatic carbocycles. The lowest BCUT2D eigenvalue weighted by Crippen LogP contribution is -2.12. The first kappa shape index (κ1) is 15.8. The summed E-state index contributed by atoms with van der Waals surface area (Å²) in [6.45, 7) is 8.28. The molecule has 0 aliphatic rings. The van der Waals surface area contributed by atoms with Crippen molar-refractivity contribution < 1.29 is 14.6 Å². The van der Waals surface area contributed by atoms with E-state index in [1.54, 1.807) is 0 Å². The maximum atomic E-state index is 11.0. The summed E-state index contributed by atoms with van der Waals surface area (Å²) < 4.78 is 5.76. The summed E-state index contributed by atoms with van der Waals surface area (Å²) in [7, 11) is 0.